The van der Waals surface area contributed by atoms with Gasteiger partial charge in [-0.25, -0.2) is 4.79 Å². The lowest BCUT2D eigenvalue weighted by Gasteiger charge is -2.67. The van der Waals surface area contributed by atoms with Gasteiger partial charge < -0.3 is 44.3 Å². The Morgan fingerprint density at radius 2 is 1.72 bits per heavy atom. The molecule has 0 aromatic heterocycles. The summed E-state index contributed by atoms with van der Waals surface area (Å²) in [6.07, 6.45) is 0.368. The maximum atomic E-state index is 15.3. The van der Waals surface area contributed by atoms with Crippen molar-refractivity contribution >= 4 is 29.6 Å². The van der Waals surface area contributed by atoms with E-state index in [0.29, 0.717) is 5.56 Å². The van der Waals surface area contributed by atoms with Crippen molar-refractivity contribution in [1.82, 2.24) is 5.32 Å². The molecule has 5 aliphatic rings. The number of aliphatic hydroxyl groups is 3. The van der Waals surface area contributed by atoms with E-state index < -0.39 is 101 Å². The maximum absolute atomic E-state index is 15.3. The molecule has 4 N–H and O–H groups in total. The molecule has 14 nitrogen and oxygen atoms in total. The fraction of sp³-hybridized carbons (Fsp3) is 0.659. The molecule has 0 spiro atoms. The van der Waals surface area contributed by atoms with E-state index in [4.69, 9.17) is 23.7 Å². The number of aliphatic hydroxyl groups excluding tert-OH is 2. The summed E-state index contributed by atoms with van der Waals surface area (Å²) < 4.78 is 29.6. The van der Waals surface area contributed by atoms with Gasteiger partial charge in [0.15, 0.2) is 23.6 Å². The first-order valence-electron chi connectivity index (χ1n) is 20.4. The van der Waals surface area contributed by atoms with Gasteiger partial charge >= 0.3 is 17.9 Å². The van der Waals surface area contributed by atoms with Crippen LogP contribution < -0.4 is 5.32 Å². The lowest BCUT2D eigenvalue weighted by atomic mass is 9.44. The van der Waals surface area contributed by atoms with E-state index in [0.717, 1.165) is 39.0 Å². The van der Waals surface area contributed by atoms with Gasteiger partial charge in [0.05, 0.1) is 30.3 Å². The number of carbonyl (C=O) groups excluding carboxylic acids is 5. The zero-order valence-corrected chi connectivity index (χ0v) is 34.5. The summed E-state index contributed by atoms with van der Waals surface area (Å²) in [4.78, 5) is 68.5. The number of rotatable bonds is 10. The molecule has 2 unspecified atom stereocenters. The Balaban J connectivity index is 1.40. The van der Waals surface area contributed by atoms with Gasteiger partial charge in [-0.15, -0.1) is 0 Å². The highest BCUT2D eigenvalue weighted by atomic mass is 16.6. The van der Waals surface area contributed by atoms with Gasteiger partial charge in [-0.05, 0) is 55.7 Å². The number of hydrogen-bond donors (Lipinski definition) is 4. The van der Waals surface area contributed by atoms with Crippen molar-refractivity contribution in [3.8, 4) is 0 Å². The summed E-state index contributed by atoms with van der Waals surface area (Å²) in [7, 11) is 1.40. The largest absolute Gasteiger partial charge is 0.456 e. The first kappa shape index (κ1) is 43.6. The van der Waals surface area contributed by atoms with Crippen LogP contribution in [0.2, 0.25) is 0 Å². The summed E-state index contributed by atoms with van der Waals surface area (Å²) in [6, 6.07) is 7.32. The molecule has 1 amide bonds. The molecular formula is C44H59NO13. The molecule has 6 rings (SSSR count). The Kier molecular flexibility index (Phi) is 12.5. The molecule has 2 saturated carbocycles. The van der Waals surface area contributed by atoms with E-state index >= 15 is 4.79 Å². The Labute approximate surface area is 339 Å². The summed E-state index contributed by atoms with van der Waals surface area (Å²) in [5, 5.41) is 40.4. The van der Waals surface area contributed by atoms with Crippen LogP contribution in [0.5, 0.6) is 0 Å². The molecule has 3 fully saturated rings. The molecule has 14 heteroatoms. The predicted molar refractivity (Wildman–Crippen MR) is 207 cm³/mol. The molecule has 12 atom stereocenters. The smallest absolute Gasteiger partial charge is 0.338 e. The number of fused-ring (bicyclic) bond motifs is 5. The zero-order valence-electron chi connectivity index (χ0n) is 34.5. The Morgan fingerprint density at radius 3 is 2.34 bits per heavy atom. The maximum Gasteiger partial charge on any atom is 0.338 e. The number of allylic oxidation sites excluding steroid dienone is 2. The topological polar surface area (TPSA) is 204 Å². The monoisotopic (exact) mass is 809 g/mol. The average molecular weight is 810 g/mol. The van der Waals surface area contributed by atoms with Crippen molar-refractivity contribution < 1.29 is 63.0 Å². The second kappa shape index (κ2) is 16.6. The highest BCUT2D eigenvalue weighted by molar-refractivity contribution is 5.95. The number of ketones is 1. The van der Waals surface area contributed by atoms with Crippen LogP contribution in [0.15, 0.2) is 53.6 Å². The number of esters is 3. The lowest BCUT2D eigenvalue weighted by Crippen LogP contribution is -2.81. The second-order valence-electron chi connectivity index (χ2n) is 17.6. The standard InChI is InChI=1S/C44H59NO13/c1-24-29(57-40(52)35(49)34(28-18-14-11-15-19-28)45-32(48)20-27-16-12-9-8-10-13-17-27)22-44(53)39(51)37-42(6,38(50)36(56-25(2)46)33(24)41(44,4)5)30(54-7)21-31-43(37,23-55-31)58-26(3)47/h11-12,14-16,18-19,27,29-31,34-37,39,49,51,53H,8-10,13,17,20-23H2,1-7H3,(H,45,48)/b16-12+/t27?,29-,30-,31+,34-,35+,36+,37?,39-,42+,43-,44+/m0/s1. The van der Waals surface area contributed by atoms with Crippen LogP contribution in [-0.4, -0.2) is 106 Å². The summed E-state index contributed by atoms with van der Waals surface area (Å²) in [6.45, 7) is 8.50. The third kappa shape index (κ3) is 7.44. The minimum atomic E-state index is -2.25. The van der Waals surface area contributed by atoms with E-state index in [2.05, 4.69) is 11.4 Å². The molecule has 1 aromatic carbocycles. The van der Waals surface area contributed by atoms with Crippen LogP contribution in [0.1, 0.15) is 105 Å². The molecule has 1 aromatic rings. The number of Topliss-reactive ketones (excluding diaryl/α,β-unsaturated/α-hetero) is 1. The normalized spacial score (nSPS) is 37.1. The minimum Gasteiger partial charge on any atom is -0.456 e. The SMILES string of the molecule is CO[C@H]1C[C@H]2OC[C@@]2(OC(C)=O)C2[C@H](O)[C@]3(O)C[C@H](OC(=O)[C@H](O)[C@@H](NC(=O)CC4/C=C/CCCCC4)c4ccccc4)C(C)=C([C@@H](OC(C)=O)C(=O)[C@@]21C)C3(C)C. The van der Waals surface area contributed by atoms with Crippen molar-refractivity contribution in [3.63, 3.8) is 0 Å². The van der Waals surface area contributed by atoms with Gasteiger partial charge in [0.2, 0.25) is 5.91 Å². The predicted octanol–water partition coefficient (Wildman–Crippen LogP) is 3.74. The third-order valence-electron chi connectivity index (χ3n) is 13.8. The highest BCUT2D eigenvalue weighted by Gasteiger charge is 2.77. The lowest BCUT2D eigenvalue weighted by molar-refractivity contribution is -0.348. The first-order chi connectivity index (χ1) is 27.3. The fourth-order valence-corrected chi connectivity index (χ4v) is 10.7. The van der Waals surface area contributed by atoms with Gasteiger partial charge in [0, 0.05) is 51.6 Å². The fourth-order valence-electron chi connectivity index (χ4n) is 10.7. The van der Waals surface area contributed by atoms with Crippen molar-refractivity contribution in [1.29, 1.82) is 0 Å². The molecule has 1 heterocycles. The summed E-state index contributed by atoms with van der Waals surface area (Å²) >= 11 is 0. The second-order valence-corrected chi connectivity index (χ2v) is 17.6. The molecule has 318 valence electrons. The van der Waals surface area contributed by atoms with Gasteiger partial charge in [-0.1, -0.05) is 69.2 Å². The molecule has 1 aliphatic heterocycles. The van der Waals surface area contributed by atoms with Gasteiger partial charge in [0.1, 0.15) is 17.8 Å². The van der Waals surface area contributed by atoms with Gasteiger partial charge in [-0.3, -0.25) is 19.2 Å². The van der Waals surface area contributed by atoms with Gasteiger partial charge in [0.25, 0.3) is 0 Å². The van der Waals surface area contributed by atoms with Crippen molar-refractivity contribution in [3.05, 3.63) is 59.2 Å². The van der Waals surface area contributed by atoms with E-state index in [1.54, 1.807) is 58.0 Å². The number of carbonyl (C=O) groups is 5. The van der Waals surface area contributed by atoms with Crippen LogP contribution in [0.4, 0.5) is 0 Å². The van der Waals surface area contributed by atoms with Crippen molar-refractivity contribution in [2.75, 3.05) is 13.7 Å². The van der Waals surface area contributed by atoms with E-state index in [9.17, 15) is 34.5 Å². The quantitative estimate of drug-likeness (QED) is 0.151. The highest BCUT2D eigenvalue weighted by Crippen LogP contribution is 2.64. The average Bonchev–Trinajstić information content (AvgIpc) is 3.14. The number of amides is 1. The van der Waals surface area contributed by atoms with Crippen LogP contribution in [0.25, 0.3) is 0 Å². The Bertz CT molecular complexity index is 1830. The Hall–Kier alpha value is -3.95. The molecule has 1 saturated heterocycles. The van der Waals surface area contributed by atoms with Crippen LogP contribution >= 0.6 is 0 Å². The number of nitrogens with one attached hydrogen (secondary N) is 1. The van der Waals surface area contributed by atoms with Crippen molar-refractivity contribution in [2.24, 2.45) is 22.7 Å². The van der Waals surface area contributed by atoms with Crippen molar-refractivity contribution in [2.45, 2.75) is 147 Å². The summed E-state index contributed by atoms with van der Waals surface area (Å²) in [5.41, 5.74) is -6.25. The molecule has 0 radical (unpaired) electrons. The molecule has 2 bridgehead atoms. The first-order valence-corrected chi connectivity index (χ1v) is 20.4. The minimum absolute atomic E-state index is 0.000104. The third-order valence-corrected chi connectivity index (χ3v) is 13.8. The molecule has 58 heavy (non-hydrogen) atoms. The Morgan fingerprint density at radius 1 is 1.02 bits per heavy atom. The molecule has 4 aliphatic carbocycles. The number of ether oxygens (including phenoxy) is 5. The van der Waals surface area contributed by atoms with E-state index in [-0.39, 0.29) is 42.4 Å². The number of hydrogen-bond acceptors (Lipinski definition) is 13. The van der Waals surface area contributed by atoms with E-state index in [1.165, 1.54) is 14.0 Å². The number of methoxy groups -OCH3 is 1. The van der Waals surface area contributed by atoms with E-state index in [1.807, 2.05) is 6.08 Å². The van der Waals surface area contributed by atoms with Crippen LogP contribution in [0.3, 0.4) is 0 Å². The summed E-state index contributed by atoms with van der Waals surface area (Å²) in [5.74, 6) is -5.03. The van der Waals surface area contributed by atoms with Crippen LogP contribution in [-0.2, 0) is 47.7 Å². The molecular weight excluding hydrogens is 750 g/mol. The number of benzene rings is 1. The van der Waals surface area contributed by atoms with Crippen LogP contribution in [0, 0.1) is 22.7 Å². The van der Waals surface area contributed by atoms with Gasteiger partial charge in [-0.2, -0.15) is 0 Å². The zero-order chi connectivity index (χ0) is 42.4.